The van der Waals surface area contributed by atoms with E-state index < -0.39 is 0 Å². The molecular formula is C22H24N4O3. The number of fused-ring (bicyclic) bond motifs is 2. The number of benzene rings is 1. The fraction of sp³-hybridized carbons (Fsp3) is 0.455. The molecule has 1 aliphatic heterocycles. The van der Waals surface area contributed by atoms with Crippen molar-refractivity contribution in [3.63, 3.8) is 0 Å². The first kappa shape index (κ1) is 18.2. The van der Waals surface area contributed by atoms with E-state index in [4.69, 9.17) is 4.74 Å². The maximum atomic E-state index is 12.7. The van der Waals surface area contributed by atoms with Gasteiger partial charge in [-0.3, -0.25) is 9.59 Å². The second kappa shape index (κ2) is 7.55. The summed E-state index contributed by atoms with van der Waals surface area (Å²) in [6.45, 7) is 0.683. The predicted molar refractivity (Wildman–Crippen MR) is 108 cm³/mol. The van der Waals surface area contributed by atoms with Crippen LogP contribution in [0, 0.1) is 11.8 Å². The quantitative estimate of drug-likeness (QED) is 0.834. The molecule has 2 heterocycles. The first-order chi connectivity index (χ1) is 14.2. The van der Waals surface area contributed by atoms with Crippen molar-refractivity contribution in [3.8, 4) is 0 Å². The van der Waals surface area contributed by atoms with Gasteiger partial charge in [-0.25, -0.2) is 9.97 Å². The van der Waals surface area contributed by atoms with Crippen molar-refractivity contribution in [2.24, 2.45) is 11.8 Å². The van der Waals surface area contributed by atoms with E-state index >= 15 is 0 Å². The number of carbonyl (C=O) groups excluding carboxylic acids is 2. The number of aromatic nitrogens is 2. The molecule has 0 spiro atoms. The van der Waals surface area contributed by atoms with Crippen LogP contribution in [0.15, 0.2) is 30.6 Å². The Bertz CT molecular complexity index is 961. The van der Waals surface area contributed by atoms with Crippen LogP contribution in [0.25, 0.3) is 0 Å². The third-order valence-electron chi connectivity index (χ3n) is 6.33. The summed E-state index contributed by atoms with van der Waals surface area (Å²) in [5, 5.41) is 5.85. The van der Waals surface area contributed by atoms with Crippen LogP contribution in [-0.4, -0.2) is 34.5 Å². The van der Waals surface area contributed by atoms with Gasteiger partial charge >= 0.3 is 0 Å². The molecule has 5 rings (SSSR count). The molecule has 3 aliphatic rings. The molecule has 7 nitrogen and oxygen atoms in total. The van der Waals surface area contributed by atoms with Crippen LogP contribution in [-0.2, 0) is 22.4 Å². The SMILES string of the molecule is O=C(Nc1cccc(NC(=O)[C@@H]2OC[C@@H]3CCC[C@@H]32)c1)c1ncnc2c1CCC2. The number of carbonyl (C=O) groups is 2. The van der Waals surface area contributed by atoms with Crippen molar-refractivity contribution in [2.45, 2.75) is 44.6 Å². The molecule has 0 unspecified atom stereocenters. The fourth-order valence-electron chi connectivity index (χ4n) is 4.93. The van der Waals surface area contributed by atoms with Gasteiger partial charge in [-0.2, -0.15) is 0 Å². The van der Waals surface area contributed by atoms with Gasteiger partial charge in [0.2, 0.25) is 0 Å². The monoisotopic (exact) mass is 392 g/mol. The highest BCUT2D eigenvalue weighted by molar-refractivity contribution is 6.04. The molecule has 1 aromatic heterocycles. The van der Waals surface area contributed by atoms with Gasteiger partial charge < -0.3 is 15.4 Å². The largest absolute Gasteiger partial charge is 0.368 e. The van der Waals surface area contributed by atoms with Crippen molar-refractivity contribution in [1.29, 1.82) is 0 Å². The molecule has 7 heteroatoms. The summed E-state index contributed by atoms with van der Waals surface area (Å²) in [6, 6.07) is 7.19. The van der Waals surface area contributed by atoms with Crippen LogP contribution < -0.4 is 10.6 Å². The number of aryl methyl sites for hydroxylation is 1. The summed E-state index contributed by atoms with van der Waals surface area (Å²) < 4.78 is 5.75. The van der Waals surface area contributed by atoms with E-state index in [9.17, 15) is 9.59 Å². The number of hydrogen-bond acceptors (Lipinski definition) is 5. The Morgan fingerprint density at radius 3 is 2.79 bits per heavy atom. The van der Waals surface area contributed by atoms with Gasteiger partial charge in [0, 0.05) is 22.6 Å². The van der Waals surface area contributed by atoms with E-state index in [2.05, 4.69) is 20.6 Å². The van der Waals surface area contributed by atoms with Gasteiger partial charge in [-0.05, 0) is 62.1 Å². The van der Waals surface area contributed by atoms with Gasteiger partial charge in [0.05, 0.1) is 6.61 Å². The number of nitrogens with zero attached hydrogens (tertiary/aromatic N) is 2. The summed E-state index contributed by atoms with van der Waals surface area (Å²) >= 11 is 0. The minimum Gasteiger partial charge on any atom is -0.368 e. The summed E-state index contributed by atoms with van der Waals surface area (Å²) in [7, 11) is 0. The molecule has 2 N–H and O–H groups in total. The Morgan fingerprint density at radius 1 is 1.03 bits per heavy atom. The summed E-state index contributed by atoms with van der Waals surface area (Å²) in [5.74, 6) is 0.502. The van der Waals surface area contributed by atoms with E-state index in [-0.39, 0.29) is 17.9 Å². The Labute approximate surface area is 169 Å². The molecule has 1 saturated carbocycles. The van der Waals surface area contributed by atoms with Gasteiger partial charge in [-0.1, -0.05) is 12.5 Å². The molecule has 2 fully saturated rings. The Hall–Kier alpha value is -2.80. The van der Waals surface area contributed by atoms with Crippen LogP contribution >= 0.6 is 0 Å². The molecule has 2 amide bonds. The average molecular weight is 392 g/mol. The molecule has 0 radical (unpaired) electrons. The average Bonchev–Trinajstić information content (AvgIpc) is 3.44. The van der Waals surface area contributed by atoms with Crippen LogP contribution in [0.3, 0.4) is 0 Å². The lowest BCUT2D eigenvalue weighted by Crippen LogP contribution is -2.32. The molecule has 1 saturated heterocycles. The van der Waals surface area contributed by atoms with Crippen molar-refractivity contribution in [1.82, 2.24) is 9.97 Å². The third-order valence-corrected chi connectivity index (χ3v) is 6.33. The van der Waals surface area contributed by atoms with Crippen LogP contribution in [0.5, 0.6) is 0 Å². The predicted octanol–water partition coefficient (Wildman–Crippen LogP) is 2.97. The molecule has 2 aromatic rings. The normalized spacial score (nSPS) is 24.8. The molecule has 0 bridgehead atoms. The number of hydrogen-bond donors (Lipinski definition) is 2. The van der Waals surface area contributed by atoms with E-state index in [0.29, 0.717) is 35.5 Å². The first-order valence-electron chi connectivity index (χ1n) is 10.4. The fourth-order valence-corrected chi connectivity index (χ4v) is 4.93. The second-order valence-electron chi connectivity index (χ2n) is 8.13. The maximum absolute atomic E-state index is 12.7. The summed E-state index contributed by atoms with van der Waals surface area (Å²) in [4.78, 5) is 33.9. The van der Waals surface area contributed by atoms with Crippen molar-refractivity contribution in [2.75, 3.05) is 17.2 Å². The number of ether oxygens (including phenoxy) is 1. The molecule has 1 aromatic carbocycles. The number of nitrogens with one attached hydrogen (secondary N) is 2. The van der Waals surface area contributed by atoms with Gasteiger partial charge in [0.1, 0.15) is 18.1 Å². The second-order valence-corrected chi connectivity index (χ2v) is 8.13. The van der Waals surface area contributed by atoms with Gasteiger partial charge in [-0.15, -0.1) is 0 Å². The molecule has 150 valence electrons. The minimum absolute atomic E-state index is 0.100. The van der Waals surface area contributed by atoms with Crippen molar-refractivity contribution >= 4 is 23.2 Å². The summed E-state index contributed by atoms with van der Waals surface area (Å²) in [5.41, 5.74) is 3.61. The van der Waals surface area contributed by atoms with Gasteiger partial charge in [0.15, 0.2) is 0 Å². The highest BCUT2D eigenvalue weighted by Gasteiger charge is 2.43. The topological polar surface area (TPSA) is 93.2 Å². The standard InChI is InChI=1S/C22H24N4O3/c27-21(19-17-8-3-9-18(17)23-12-24-19)25-14-5-2-6-15(10-14)26-22(28)20-16-7-1-4-13(16)11-29-20/h2,5-6,10,12-13,16,20H,1,3-4,7-9,11H2,(H,25,27)(H,26,28)/t13-,16-,20+/m0/s1. The number of amides is 2. The zero-order valence-electron chi connectivity index (χ0n) is 16.2. The van der Waals surface area contributed by atoms with Crippen molar-refractivity contribution < 1.29 is 14.3 Å². The Balaban J connectivity index is 1.27. The zero-order valence-corrected chi connectivity index (χ0v) is 16.2. The smallest absolute Gasteiger partial charge is 0.274 e. The van der Waals surface area contributed by atoms with Crippen LogP contribution in [0.4, 0.5) is 11.4 Å². The Morgan fingerprint density at radius 2 is 1.90 bits per heavy atom. The molecule has 29 heavy (non-hydrogen) atoms. The molecule has 3 atom stereocenters. The van der Waals surface area contributed by atoms with E-state index in [1.54, 1.807) is 12.1 Å². The number of anilines is 2. The zero-order chi connectivity index (χ0) is 19.8. The maximum Gasteiger partial charge on any atom is 0.274 e. The lowest BCUT2D eigenvalue weighted by Gasteiger charge is -2.17. The lowest BCUT2D eigenvalue weighted by molar-refractivity contribution is -0.126. The highest BCUT2D eigenvalue weighted by Crippen LogP contribution is 2.40. The van der Waals surface area contributed by atoms with Gasteiger partial charge in [0.25, 0.3) is 11.8 Å². The van der Waals surface area contributed by atoms with E-state index in [1.807, 2.05) is 12.1 Å². The van der Waals surface area contributed by atoms with E-state index in [1.165, 1.54) is 12.7 Å². The number of rotatable bonds is 4. The molecule has 2 aliphatic carbocycles. The third kappa shape index (κ3) is 3.51. The minimum atomic E-state index is -0.371. The van der Waals surface area contributed by atoms with Crippen LogP contribution in [0.1, 0.15) is 47.4 Å². The first-order valence-corrected chi connectivity index (χ1v) is 10.4. The van der Waals surface area contributed by atoms with E-state index in [0.717, 1.165) is 43.4 Å². The van der Waals surface area contributed by atoms with Crippen LogP contribution in [0.2, 0.25) is 0 Å². The molecular weight excluding hydrogens is 368 g/mol. The Kier molecular flexibility index (Phi) is 4.75. The highest BCUT2D eigenvalue weighted by atomic mass is 16.5. The van der Waals surface area contributed by atoms with Crippen molar-refractivity contribution in [3.05, 3.63) is 47.5 Å². The lowest BCUT2D eigenvalue weighted by atomic mass is 9.94. The summed E-state index contributed by atoms with van der Waals surface area (Å²) in [6.07, 6.45) is 7.20.